The van der Waals surface area contributed by atoms with E-state index < -0.39 is 0 Å². The number of ether oxygens (including phenoxy) is 1. The van der Waals surface area contributed by atoms with E-state index in [1.165, 1.54) is 6.33 Å². The van der Waals surface area contributed by atoms with E-state index in [1.54, 1.807) is 19.5 Å². The van der Waals surface area contributed by atoms with Crippen molar-refractivity contribution in [2.45, 2.75) is 13.2 Å². The summed E-state index contributed by atoms with van der Waals surface area (Å²) < 4.78 is 6.25. The van der Waals surface area contributed by atoms with Crippen LogP contribution in [0.2, 0.25) is 0 Å². The lowest BCUT2D eigenvalue weighted by Gasteiger charge is -2.13. The van der Waals surface area contributed by atoms with Gasteiger partial charge in [0, 0.05) is 47.3 Å². The molecular formula is C13H14BrN3O. The number of hydrogen-bond acceptors (Lipinski definition) is 4. The molecule has 18 heavy (non-hydrogen) atoms. The fourth-order valence-corrected chi connectivity index (χ4v) is 2.11. The van der Waals surface area contributed by atoms with Crippen LogP contribution >= 0.6 is 15.9 Å². The van der Waals surface area contributed by atoms with Crippen LogP contribution in [0.25, 0.3) is 0 Å². The number of anilines is 1. The first kappa shape index (κ1) is 13.0. The number of hydrogen-bond donors (Lipinski definition) is 1. The van der Waals surface area contributed by atoms with E-state index in [4.69, 9.17) is 4.74 Å². The summed E-state index contributed by atoms with van der Waals surface area (Å²) in [4.78, 5) is 7.98. The van der Waals surface area contributed by atoms with Crippen LogP contribution in [0.5, 0.6) is 0 Å². The largest absolute Gasteiger partial charge is 0.381 e. The minimum atomic E-state index is 0.565. The molecule has 1 N–H and O–H groups in total. The van der Waals surface area contributed by atoms with Gasteiger partial charge in [0.15, 0.2) is 0 Å². The van der Waals surface area contributed by atoms with Gasteiger partial charge in [-0.15, -0.1) is 0 Å². The second-order valence-corrected chi connectivity index (χ2v) is 4.65. The Balaban J connectivity index is 2.11. The van der Waals surface area contributed by atoms with Crippen molar-refractivity contribution >= 4 is 21.6 Å². The highest BCUT2D eigenvalue weighted by Crippen LogP contribution is 2.25. The molecule has 5 heteroatoms. The molecule has 0 saturated heterocycles. The van der Waals surface area contributed by atoms with E-state index in [0.717, 1.165) is 21.3 Å². The summed E-state index contributed by atoms with van der Waals surface area (Å²) in [5.74, 6) is 0. The average Bonchev–Trinajstić information content (AvgIpc) is 2.41. The van der Waals surface area contributed by atoms with Crippen molar-refractivity contribution in [3.05, 3.63) is 52.5 Å². The fourth-order valence-electron chi connectivity index (χ4n) is 1.63. The zero-order valence-corrected chi connectivity index (χ0v) is 11.6. The summed E-state index contributed by atoms with van der Waals surface area (Å²) in [6, 6.07) is 6.03. The highest BCUT2D eigenvalue weighted by molar-refractivity contribution is 9.10. The Morgan fingerprint density at radius 2 is 2.06 bits per heavy atom. The first-order valence-corrected chi connectivity index (χ1v) is 6.34. The molecule has 1 aromatic carbocycles. The predicted octanol–water partition coefficient (Wildman–Crippen LogP) is 3.00. The van der Waals surface area contributed by atoms with Crippen molar-refractivity contribution < 1.29 is 4.74 Å². The predicted molar refractivity (Wildman–Crippen MR) is 74.2 cm³/mol. The van der Waals surface area contributed by atoms with Crippen molar-refractivity contribution in [1.82, 2.24) is 9.97 Å². The highest BCUT2D eigenvalue weighted by atomic mass is 79.9. The lowest BCUT2D eigenvalue weighted by Crippen LogP contribution is -2.04. The number of halogens is 1. The lowest BCUT2D eigenvalue weighted by atomic mass is 10.2. The molecule has 0 aliphatic heterocycles. The number of methoxy groups -OCH3 is 1. The van der Waals surface area contributed by atoms with Gasteiger partial charge in [0.25, 0.3) is 0 Å². The first-order chi connectivity index (χ1) is 8.81. The Hall–Kier alpha value is -1.46. The fraction of sp³-hybridized carbons (Fsp3) is 0.231. The van der Waals surface area contributed by atoms with E-state index in [9.17, 15) is 0 Å². The third-order valence-electron chi connectivity index (χ3n) is 2.50. The van der Waals surface area contributed by atoms with Crippen molar-refractivity contribution in [2.75, 3.05) is 12.4 Å². The monoisotopic (exact) mass is 307 g/mol. The third-order valence-corrected chi connectivity index (χ3v) is 3.25. The summed E-state index contributed by atoms with van der Waals surface area (Å²) in [5, 5.41) is 3.37. The van der Waals surface area contributed by atoms with E-state index in [-0.39, 0.29) is 0 Å². The molecule has 0 bridgehead atoms. The lowest BCUT2D eigenvalue weighted by molar-refractivity contribution is 0.185. The molecule has 0 fully saturated rings. The maximum Gasteiger partial charge on any atom is 0.115 e. The molecule has 0 amide bonds. The number of benzene rings is 1. The molecule has 0 spiro atoms. The van der Waals surface area contributed by atoms with E-state index in [1.807, 2.05) is 18.2 Å². The molecular weight excluding hydrogens is 294 g/mol. The number of aromatic nitrogens is 2. The third kappa shape index (κ3) is 3.27. The van der Waals surface area contributed by atoms with Crippen molar-refractivity contribution in [3.63, 3.8) is 0 Å². The Morgan fingerprint density at radius 1 is 1.28 bits per heavy atom. The van der Waals surface area contributed by atoms with Crippen LogP contribution in [-0.2, 0) is 17.9 Å². The zero-order chi connectivity index (χ0) is 12.8. The second-order valence-electron chi connectivity index (χ2n) is 3.80. The molecule has 2 rings (SSSR count). The standard InChI is InChI=1S/C13H14BrN3O/c1-18-8-11-12(14)3-2-4-13(11)17-7-10-5-15-9-16-6-10/h2-6,9,17H,7-8H2,1H3. The maximum atomic E-state index is 5.21. The topological polar surface area (TPSA) is 47.0 Å². The van der Waals surface area contributed by atoms with E-state index in [0.29, 0.717) is 13.2 Å². The number of nitrogens with zero attached hydrogens (tertiary/aromatic N) is 2. The molecule has 0 radical (unpaired) electrons. The van der Waals surface area contributed by atoms with Gasteiger partial charge in [-0.1, -0.05) is 22.0 Å². The smallest absolute Gasteiger partial charge is 0.115 e. The van der Waals surface area contributed by atoms with Crippen LogP contribution < -0.4 is 5.32 Å². The number of nitrogens with one attached hydrogen (secondary N) is 1. The first-order valence-electron chi connectivity index (χ1n) is 5.55. The summed E-state index contributed by atoms with van der Waals surface area (Å²) in [6.45, 7) is 1.25. The van der Waals surface area contributed by atoms with Gasteiger partial charge >= 0.3 is 0 Å². The summed E-state index contributed by atoms with van der Waals surface area (Å²) in [6.07, 6.45) is 5.13. The van der Waals surface area contributed by atoms with Gasteiger partial charge in [-0.25, -0.2) is 9.97 Å². The molecule has 0 unspecified atom stereocenters. The Labute approximate surface area is 115 Å². The van der Waals surface area contributed by atoms with Crippen molar-refractivity contribution in [2.24, 2.45) is 0 Å². The van der Waals surface area contributed by atoms with E-state index >= 15 is 0 Å². The second kappa shape index (κ2) is 6.47. The van der Waals surface area contributed by atoms with Crippen LogP contribution in [0.1, 0.15) is 11.1 Å². The molecule has 94 valence electrons. The minimum Gasteiger partial charge on any atom is -0.381 e. The van der Waals surface area contributed by atoms with Crippen LogP contribution in [0, 0.1) is 0 Å². The van der Waals surface area contributed by atoms with Gasteiger partial charge < -0.3 is 10.1 Å². The normalized spacial score (nSPS) is 10.3. The van der Waals surface area contributed by atoms with Crippen LogP contribution in [0.4, 0.5) is 5.69 Å². The van der Waals surface area contributed by atoms with Crippen molar-refractivity contribution in [3.8, 4) is 0 Å². The average molecular weight is 308 g/mol. The minimum absolute atomic E-state index is 0.565. The summed E-state index contributed by atoms with van der Waals surface area (Å²) in [7, 11) is 1.69. The molecule has 0 atom stereocenters. The molecule has 0 aliphatic carbocycles. The quantitative estimate of drug-likeness (QED) is 0.922. The highest BCUT2D eigenvalue weighted by Gasteiger charge is 2.06. The van der Waals surface area contributed by atoms with E-state index in [2.05, 4.69) is 31.2 Å². The van der Waals surface area contributed by atoms with Crippen molar-refractivity contribution in [1.29, 1.82) is 0 Å². The molecule has 0 saturated carbocycles. The van der Waals surface area contributed by atoms with Gasteiger partial charge in [-0.05, 0) is 12.1 Å². The Morgan fingerprint density at radius 3 is 2.78 bits per heavy atom. The van der Waals surface area contributed by atoms with Gasteiger partial charge in [-0.2, -0.15) is 0 Å². The molecule has 2 aromatic rings. The van der Waals surface area contributed by atoms with Gasteiger partial charge in [0.05, 0.1) is 6.61 Å². The maximum absolute atomic E-state index is 5.21. The zero-order valence-electron chi connectivity index (χ0n) is 10.1. The number of rotatable bonds is 5. The van der Waals surface area contributed by atoms with Crippen LogP contribution in [0.15, 0.2) is 41.4 Å². The summed E-state index contributed by atoms with van der Waals surface area (Å²) in [5.41, 5.74) is 3.20. The molecule has 0 aliphatic rings. The van der Waals surface area contributed by atoms with Crippen LogP contribution in [0.3, 0.4) is 0 Å². The van der Waals surface area contributed by atoms with Gasteiger partial charge in [0.1, 0.15) is 6.33 Å². The molecule has 1 heterocycles. The SMILES string of the molecule is COCc1c(Br)cccc1NCc1cncnc1. The van der Waals surface area contributed by atoms with Gasteiger partial charge in [0.2, 0.25) is 0 Å². The Kier molecular flexibility index (Phi) is 4.66. The van der Waals surface area contributed by atoms with Gasteiger partial charge in [-0.3, -0.25) is 0 Å². The molecule has 4 nitrogen and oxygen atoms in total. The molecule has 1 aromatic heterocycles. The van der Waals surface area contributed by atoms with Crippen LogP contribution in [-0.4, -0.2) is 17.1 Å². The summed E-state index contributed by atoms with van der Waals surface area (Å²) >= 11 is 3.53. The Bertz CT molecular complexity index is 505.